The number of carbonyl (C=O) groups excluding carboxylic acids is 1. The molecular formula is C38H75NO4. The average molecular weight is 610 g/mol. The van der Waals surface area contributed by atoms with Gasteiger partial charge >= 0.3 is 0 Å². The largest absolute Gasteiger partial charge is 0.394 e. The van der Waals surface area contributed by atoms with Gasteiger partial charge in [-0.15, -0.1) is 0 Å². The zero-order valence-corrected chi connectivity index (χ0v) is 28.8. The Labute approximate surface area is 268 Å². The lowest BCUT2D eigenvalue weighted by Gasteiger charge is -2.21. The zero-order valence-electron chi connectivity index (χ0n) is 28.8. The van der Waals surface area contributed by atoms with E-state index in [9.17, 15) is 20.1 Å². The number of aliphatic hydroxyl groups is 3. The first-order valence-electron chi connectivity index (χ1n) is 19.0. The van der Waals surface area contributed by atoms with Crippen molar-refractivity contribution in [3.63, 3.8) is 0 Å². The molecule has 0 saturated carbocycles. The van der Waals surface area contributed by atoms with E-state index in [4.69, 9.17) is 0 Å². The van der Waals surface area contributed by atoms with Crippen LogP contribution in [0, 0.1) is 0 Å². The van der Waals surface area contributed by atoms with Crippen LogP contribution in [0.15, 0.2) is 12.2 Å². The first kappa shape index (κ1) is 42.1. The third kappa shape index (κ3) is 29.6. The molecule has 4 N–H and O–H groups in total. The molecule has 0 rings (SSSR count). The molecule has 0 aliphatic heterocycles. The lowest BCUT2D eigenvalue weighted by atomic mass is 10.0. The molecule has 1 amide bonds. The molecule has 0 radical (unpaired) electrons. The van der Waals surface area contributed by atoms with Gasteiger partial charge < -0.3 is 20.6 Å². The van der Waals surface area contributed by atoms with Crippen LogP contribution in [0.1, 0.15) is 200 Å². The lowest BCUT2D eigenvalue weighted by Crippen LogP contribution is -2.48. The molecule has 5 nitrogen and oxygen atoms in total. The van der Waals surface area contributed by atoms with Gasteiger partial charge in [0.15, 0.2) is 0 Å². The van der Waals surface area contributed by atoms with E-state index in [1.807, 2.05) is 6.08 Å². The molecule has 3 unspecified atom stereocenters. The molecule has 0 bridgehead atoms. The van der Waals surface area contributed by atoms with Gasteiger partial charge in [0.05, 0.1) is 18.8 Å². The molecule has 0 aromatic heterocycles. The Morgan fingerprint density at radius 2 is 0.907 bits per heavy atom. The van der Waals surface area contributed by atoms with Crippen LogP contribution in [0.4, 0.5) is 0 Å². The number of allylic oxidation sites excluding steroid dienone is 1. The second-order valence-electron chi connectivity index (χ2n) is 13.1. The molecule has 0 heterocycles. The summed E-state index contributed by atoms with van der Waals surface area (Å²) in [5, 5.41) is 32.8. The molecule has 0 aromatic carbocycles. The summed E-state index contributed by atoms with van der Waals surface area (Å²) in [6.45, 7) is 4.15. The monoisotopic (exact) mass is 610 g/mol. The van der Waals surface area contributed by atoms with Crippen LogP contribution >= 0.6 is 0 Å². The van der Waals surface area contributed by atoms with Crippen molar-refractivity contribution < 1.29 is 20.1 Å². The van der Waals surface area contributed by atoms with E-state index >= 15 is 0 Å². The van der Waals surface area contributed by atoms with E-state index in [-0.39, 0.29) is 6.61 Å². The first-order valence-corrected chi connectivity index (χ1v) is 19.0. The Kier molecular flexibility index (Phi) is 33.3. The number of amides is 1. The summed E-state index contributed by atoms with van der Waals surface area (Å²) >= 11 is 0. The third-order valence-electron chi connectivity index (χ3n) is 8.88. The van der Waals surface area contributed by atoms with Crippen LogP contribution in [-0.2, 0) is 4.79 Å². The average Bonchev–Trinajstić information content (AvgIpc) is 3.01. The summed E-state index contributed by atoms with van der Waals surface area (Å²) in [5.41, 5.74) is 0. The van der Waals surface area contributed by atoms with E-state index in [1.165, 1.54) is 148 Å². The van der Waals surface area contributed by atoms with E-state index in [2.05, 4.69) is 19.2 Å². The highest BCUT2D eigenvalue weighted by molar-refractivity contribution is 5.80. The van der Waals surface area contributed by atoms with Gasteiger partial charge in [-0.05, 0) is 19.3 Å². The highest BCUT2D eigenvalue weighted by atomic mass is 16.3. The summed E-state index contributed by atoms with van der Waals surface area (Å²) in [6.07, 6.45) is 38.1. The molecule has 5 heteroatoms. The van der Waals surface area contributed by atoms with Crippen molar-refractivity contribution in [2.24, 2.45) is 0 Å². The Hall–Kier alpha value is -0.910. The van der Waals surface area contributed by atoms with Crippen molar-refractivity contribution in [2.45, 2.75) is 218 Å². The number of nitrogens with one attached hydrogen (secondary N) is 1. The maximum Gasteiger partial charge on any atom is 0.249 e. The van der Waals surface area contributed by atoms with Gasteiger partial charge in [0.2, 0.25) is 5.91 Å². The van der Waals surface area contributed by atoms with Crippen LogP contribution in [-0.4, -0.2) is 46.1 Å². The minimum absolute atomic E-state index is 0.360. The summed E-state index contributed by atoms with van der Waals surface area (Å²) in [6, 6.07) is -0.789. The van der Waals surface area contributed by atoms with E-state index in [0.717, 1.165) is 32.1 Å². The summed E-state index contributed by atoms with van der Waals surface area (Å²) in [4.78, 5) is 12.4. The quantitative estimate of drug-likeness (QED) is 0.0432. The minimum Gasteiger partial charge on any atom is -0.394 e. The van der Waals surface area contributed by atoms with Crippen molar-refractivity contribution in [2.75, 3.05) is 6.61 Å². The number of hydrogen-bond donors (Lipinski definition) is 4. The normalized spacial score (nSPS) is 13.9. The molecule has 256 valence electrons. The van der Waals surface area contributed by atoms with Crippen LogP contribution in [0.25, 0.3) is 0 Å². The van der Waals surface area contributed by atoms with Gasteiger partial charge in [-0.1, -0.05) is 193 Å². The number of aliphatic hydroxyl groups excluding tert-OH is 3. The van der Waals surface area contributed by atoms with Crippen molar-refractivity contribution in [3.8, 4) is 0 Å². The zero-order chi connectivity index (χ0) is 31.6. The predicted octanol–water partition coefficient (Wildman–Crippen LogP) is 10.1. The lowest BCUT2D eigenvalue weighted by molar-refractivity contribution is -0.131. The summed E-state index contributed by atoms with van der Waals surface area (Å²) in [5.74, 6) is -0.503. The van der Waals surface area contributed by atoms with Crippen LogP contribution in [0.2, 0.25) is 0 Å². The van der Waals surface area contributed by atoms with Gasteiger partial charge in [0.25, 0.3) is 0 Å². The van der Waals surface area contributed by atoms with Crippen molar-refractivity contribution >= 4 is 5.91 Å². The van der Waals surface area contributed by atoms with Crippen molar-refractivity contribution in [1.82, 2.24) is 5.32 Å². The SMILES string of the molecule is CCCCCCCCC/C=C/C(O)C(CO)NC(=O)C(O)CCCCCCCCCCCCCCCCCCCCCC. The minimum atomic E-state index is -1.09. The standard InChI is InChI=1S/C38H75NO4/c1-3-5-7-9-11-13-14-15-16-17-18-19-20-21-22-23-25-27-29-31-33-37(42)38(43)39-35(34-40)36(41)32-30-28-26-24-12-10-8-6-4-2/h30,32,35-37,40-42H,3-29,31,33-34H2,1-2H3,(H,39,43)/b32-30+. The Balaban J connectivity index is 3.62. The van der Waals surface area contributed by atoms with Gasteiger partial charge in [-0.25, -0.2) is 0 Å². The Bertz CT molecular complexity index is 596. The molecule has 43 heavy (non-hydrogen) atoms. The number of carbonyl (C=O) groups is 1. The smallest absolute Gasteiger partial charge is 0.249 e. The summed E-state index contributed by atoms with van der Waals surface area (Å²) in [7, 11) is 0. The molecule has 0 saturated heterocycles. The number of unbranched alkanes of at least 4 members (excludes halogenated alkanes) is 26. The van der Waals surface area contributed by atoms with Crippen molar-refractivity contribution in [3.05, 3.63) is 12.2 Å². The fourth-order valence-electron chi connectivity index (χ4n) is 5.83. The molecule has 0 spiro atoms. The van der Waals surface area contributed by atoms with Gasteiger partial charge in [0.1, 0.15) is 6.10 Å². The molecule has 0 aromatic rings. The fraction of sp³-hybridized carbons (Fsp3) is 0.921. The molecule has 0 aliphatic carbocycles. The fourth-order valence-corrected chi connectivity index (χ4v) is 5.83. The van der Waals surface area contributed by atoms with E-state index < -0.39 is 24.2 Å². The highest BCUT2D eigenvalue weighted by Crippen LogP contribution is 2.15. The van der Waals surface area contributed by atoms with Gasteiger partial charge in [-0.2, -0.15) is 0 Å². The van der Waals surface area contributed by atoms with Gasteiger partial charge in [-0.3, -0.25) is 4.79 Å². The Morgan fingerprint density at radius 3 is 1.28 bits per heavy atom. The van der Waals surface area contributed by atoms with Gasteiger partial charge in [0, 0.05) is 0 Å². The molecular weight excluding hydrogens is 534 g/mol. The second-order valence-corrected chi connectivity index (χ2v) is 13.1. The third-order valence-corrected chi connectivity index (χ3v) is 8.88. The van der Waals surface area contributed by atoms with Crippen LogP contribution in [0.5, 0.6) is 0 Å². The molecule has 3 atom stereocenters. The Morgan fingerprint density at radius 1 is 0.558 bits per heavy atom. The van der Waals surface area contributed by atoms with Crippen LogP contribution < -0.4 is 5.32 Å². The maximum absolute atomic E-state index is 12.4. The van der Waals surface area contributed by atoms with E-state index in [1.54, 1.807) is 6.08 Å². The highest BCUT2D eigenvalue weighted by Gasteiger charge is 2.22. The predicted molar refractivity (Wildman–Crippen MR) is 185 cm³/mol. The second kappa shape index (κ2) is 34.0. The maximum atomic E-state index is 12.4. The first-order chi connectivity index (χ1) is 21.1. The summed E-state index contributed by atoms with van der Waals surface area (Å²) < 4.78 is 0. The number of hydrogen-bond acceptors (Lipinski definition) is 4. The topological polar surface area (TPSA) is 89.8 Å². The van der Waals surface area contributed by atoms with Crippen molar-refractivity contribution in [1.29, 1.82) is 0 Å². The molecule has 0 fully saturated rings. The molecule has 0 aliphatic rings. The number of rotatable bonds is 34. The van der Waals surface area contributed by atoms with E-state index in [0.29, 0.717) is 6.42 Å². The van der Waals surface area contributed by atoms with Crippen LogP contribution in [0.3, 0.4) is 0 Å².